The number of benzene rings is 1. The van der Waals surface area contributed by atoms with E-state index in [4.69, 9.17) is 0 Å². The number of carbonyl (C=O) groups excluding carboxylic acids is 1. The zero-order valence-corrected chi connectivity index (χ0v) is 14.1. The van der Waals surface area contributed by atoms with Crippen molar-refractivity contribution in [3.8, 4) is 0 Å². The van der Waals surface area contributed by atoms with E-state index in [1.54, 1.807) is 18.5 Å². The minimum absolute atomic E-state index is 0.116. The molecule has 6 heteroatoms. The standard InChI is InChI=1S/C19H21FN4O/c20-16-4-1-3-15(13-16)14-24-17(25)5-6-19(24)7-11-23(12-8-19)18-21-9-2-10-22-18/h1-4,9-10,13H,5-8,11-12,14H2. The summed E-state index contributed by atoms with van der Waals surface area (Å²) in [6, 6.07) is 8.35. The maximum Gasteiger partial charge on any atom is 0.225 e. The summed E-state index contributed by atoms with van der Waals surface area (Å²) >= 11 is 0. The van der Waals surface area contributed by atoms with Gasteiger partial charge in [-0.05, 0) is 43.0 Å². The second-order valence-electron chi connectivity index (χ2n) is 6.87. The van der Waals surface area contributed by atoms with Gasteiger partial charge in [-0.25, -0.2) is 14.4 Å². The number of hydrogen-bond donors (Lipinski definition) is 0. The minimum Gasteiger partial charge on any atom is -0.341 e. The predicted molar refractivity (Wildman–Crippen MR) is 92.4 cm³/mol. The lowest BCUT2D eigenvalue weighted by atomic mass is 9.85. The highest BCUT2D eigenvalue weighted by atomic mass is 19.1. The molecule has 4 rings (SSSR count). The summed E-state index contributed by atoms with van der Waals surface area (Å²) in [5.41, 5.74) is 0.734. The minimum atomic E-state index is -0.255. The van der Waals surface area contributed by atoms with Gasteiger partial charge in [0.05, 0.1) is 0 Å². The second kappa shape index (κ2) is 6.43. The molecule has 0 atom stereocenters. The maximum absolute atomic E-state index is 13.5. The van der Waals surface area contributed by atoms with Crippen LogP contribution in [0.3, 0.4) is 0 Å². The van der Waals surface area contributed by atoms with Crippen LogP contribution in [0.4, 0.5) is 10.3 Å². The highest BCUT2D eigenvalue weighted by Crippen LogP contribution is 2.40. The zero-order chi connectivity index (χ0) is 17.3. The average molecular weight is 340 g/mol. The van der Waals surface area contributed by atoms with Crippen LogP contribution in [0.5, 0.6) is 0 Å². The quantitative estimate of drug-likeness (QED) is 0.862. The molecule has 0 bridgehead atoms. The monoisotopic (exact) mass is 340 g/mol. The molecule has 0 unspecified atom stereocenters. The first-order valence-corrected chi connectivity index (χ1v) is 8.73. The van der Waals surface area contributed by atoms with Gasteiger partial charge in [-0.2, -0.15) is 0 Å². The number of piperidine rings is 1. The van der Waals surface area contributed by atoms with E-state index in [1.807, 2.05) is 17.0 Å². The van der Waals surface area contributed by atoms with Crippen LogP contribution in [-0.2, 0) is 11.3 Å². The molecular weight excluding hydrogens is 319 g/mol. The highest BCUT2D eigenvalue weighted by molar-refractivity contribution is 5.79. The first-order valence-electron chi connectivity index (χ1n) is 8.73. The van der Waals surface area contributed by atoms with Gasteiger partial charge < -0.3 is 9.80 Å². The maximum atomic E-state index is 13.5. The smallest absolute Gasteiger partial charge is 0.225 e. The molecule has 2 fully saturated rings. The van der Waals surface area contributed by atoms with E-state index in [0.717, 1.165) is 43.9 Å². The number of rotatable bonds is 3. The predicted octanol–water partition coefficient (Wildman–Crippen LogP) is 2.78. The Kier molecular flexibility index (Phi) is 4.11. The van der Waals surface area contributed by atoms with E-state index in [2.05, 4.69) is 14.9 Å². The summed E-state index contributed by atoms with van der Waals surface area (Å²) in [5, 5.41) is 0. The fraction of sp³-hybridized carbons (Fsp3) is 0.421. The molecule has 130 valence electrons. The van der Waals surface area contributed by atoms with Crippen LogP contribution in [0.2, 0.25) is 0 Å². The summed E-state index contributed by atoms with van der Waals surface area (Å²) in [7, 11) is 0. The molecule has 2 aromatic rings. The highest BCUT2D eigenvalue weighted by Gasteiger charge is 2.46. The van der Waals surface area contributed by atoms with Crippen LogP contribution in [0.25, 0.3) is 0 Å². The first kappa shape index (κ1) is 16.0. The van der Waals surface area contributed by atoms with Gasteiger partial charge in [0.25, 0.3) is 0 Å². The summed E-state index contributed by atoms with van der Waals surface area (Å²) < 4.78 is 13.5. The van der Waals surface area contributed by atoms with Crippen molar-refractivity contribution in [1.29, 1.82) is 0 Å². The number of amides is 1. The molecule has 0 saturated carbocycles. The molecule has 5 nitrogen and oxygen atoms in total. The third-order valence-corrected chi connectivity index (χ3v) is 5.44. The third kappa shape index (κ3) is 3.08. The van der Waals surface area contributed by atoms with E-state index in [9.17, 15) is 9.18 Å². The molecule has 1 spiro atoms. The number of carbonyl (C=O) groups is 1. The van der Waals surface area contributed by atoms with Gasteiger partial charge in [-0.15, -0.1) is 0 Å². The number of nitrogens with zero attached hydrogens (tertiary/aromatic N) is 4. The van der Waals surface area contributed by atoms with Gasteiger partial charge >= 0.3 is 0 Å². The van der Waals surface area contributed by atoms with Crippen LogP contribution in [0.1, 0.15) is 31.2 Å². The van der Waals surface area contributed by atoms with E-state index >= 15 is 0 Å². The molecule has 1 aromatic carbocycles. The van der Waals surface area contributed by atoms with Crippen molar-refractivity contribution < 1.29 is 9.18 Å². The van der Waals surface area contributed by atoms with Crippen molar-refractivity contribution >= 4 is 11.9 Å². The topological polar surface area (TPSA) is 49.3 Å². The summed E-state index contributed by atoms with van der Waals surface area (Å²) in [4.78, 5) is 25.3. The first-order chi connectivity index (χ1) is 12.2. The van der Waals surface area contributed by atoms with E-state index in [0.29, 0.717) is 13.0 Å². The van der Waals surface area contributed by atoms with Crippen LogP contribution < -0.4 is 4.90 Å². The van der Waals surface area contributed by atoms with Crippen molar-refractivity contribution in [3.05, 3.63) is 54.1 Å². The fourth-order valence-electron chi connectivity index (χ4n) is 4.05. The van der Waals surface area contributed by atoms with Crippen molar-refractivity contribution in [2.24, 2.45) is 0 Å². The molecule has 25 heavy (non-hydrogen) atoms. The number of anilines is 1. The largest absolute Gasteiger partial charge is 0.341 e. The second-order valence-corrected chi connectivity index (χ2v) is 6.87. The van der Waals surface area contributed by atoms with Crippen molar-refractivity contribution in [2.45, 2.75) is 37.8 Å². The molecule has 2 aliphatic rings. The van der Waals surface area contributed by atoms with E-state index in [1.165, 1.54) is 12.1 Å². The van der Waals surface area contributed by atoms with Crippen LogP contribution in [0.15, 0.2) is 42.7 Å². The van der Waals surface area contributed by atoms with Crippen molar-refractivity contribution in [1.82, 2.24) is 14.9 Å². The lowest BCUT2D eigenvalue weighted by Crippen LogP contribution is -2.53. The van der Waals surface area contributed by atoms with Crippen molar-refractivity contribution in [3.63, 3.8) is 0 Å². The Labute approximate surface area is 146 Å². The Morgan fingerprint density at radius 1 is 1.08 bits per heavy atom. The van der Waals surface area contributed by atoms with Gasteiger partial charge in [-0.3, -0.25) is 4.79 Å². The molecule has 0 N–H and O–H groups in total. The van der Waals surface area contributed by atoms with Gasteiger partial charge in [0.15, 0.2) is 0 Å². The molecular formula is C19H21FN4O. The number of halogens is 1. The number of likely N-dealkylation sites (tertiary alicyclic amines) is 1. The molecule has 2 aliphatic heterocycles. The van der Waals surface area contributed by atoms with Gasteiger partial charge in [0.2, 0.25) is 11.9 Å². The molecule has 2 saturated heterocycles. The molecule has 3 heterocycles. The fourth-order valence-corrected chi connectivity index (χ4v) is 4.05. The Morgan fingerprint density at radius 3 is 2.56 bits per heavy atom. The average Bonchev–Trinajstić information content (AvgIpc) is 2.93. The summed E-state index contributed by atoms with van der Waals surface area (Å²) in [6.45, 7) is 2.15. The molecule has 0 aliphatic carbocycles. The van der Waals surface area contributed by atoms with E-state index in [-0.39, 0.29) is 17.3 Å². The van der Waals surface area contributed by atoms with Gasteiger partial charge in [-0.1, -0.05) is 12.1 Å². The molecule has 0 radical (unpaired) electrons. The Hall–Kier alpha value is -2.50. The van der Waals surface area contributed by atoms with Crippen molar-refractivity contribution in [2.75, 3.05) is 18.0 Å². The number of aromatic nitrogens is 2. The van der Waals surface area contributed by atoms with Gasteiger partial charge in [0, 0.05) is 44.0 Å². The number of hydrogen-bond acceptors (Lipinski definition) is 4. The van der Waals surface area contributed by atoms with Gasteiger partial charge in [0.1, 0.15) is 5.82 Å². The summed E-state index contributed by atoms with van der Waals surface area (Å²) in [5.74, 6) is 0.668. The Bertz CT molecular complexity index is 759. The lowest BCUT2D eigenvalue weighted by molar-refractivity contribution is -0.132. The van der Waals surface area contributed by atoms with Crippen LogP contribution in [0, 0.1) is 5.82 Å². The lowest BCUT2D eigenvalue weighted by Gasteiger charge is -2.45. The summed E-state index contributed by atoms with van der Waals surface area (Å²) in [6.07, 6.45) is 6.75. The molecule has 1 aromatic heterocycles. The third-order valence-electron chi connectivity index (χ3n) is 5.44. The van der Waals surface area contributed by atoms with Crippen LogP contribution >= 0.6 is 0 Å². The normalized spacial score (nSPS) is 19.6. The van der Waals surface area contributed by atoms with E-state index < -0.39 is 0 Å². The zero-order valence-electron chi connectivity index (χ0n) is 14.1. The Morgan fingerprint density at radius 2 is 1.84 bits per heavy atom. The Balaban J connectivity index is 1.50. The van der Waals surface area contributed by atoms with Crippen LogP contribution in [-0.4, -0.2) is 39.4 Å². The SMILES string of the molecule is O=C1CCC2(CCN(c3ncccn3)CC2)N1Cc1cccc(F)c1. The molecule has 1 amide bonds.